The molecule has 0 bridgehead atoms. The number of hydrogen-bond acceptors (Lipinski definition) is 6. The van der Waals surface area contributed by atoms with Crippen LogP contribution in [0.3, 0.4) is 0 Å². The van der Waals surface area contributed by atoms with E-state index >= 15 is 0 Å². The normalized spacial score (nSPS) is 15.0. The molecule has 1 amide bonds. The quantitative estimate of drug-likeness (QED) is 0.643. The van der Waals surface area contributed by atoms with Crippen LogP contribution in [0.4, 0.5) is 18.9 Å². The molecular weight excluding hydrogens is 437 g/mol. The number of ether oxygens (including phenoxy) is 1. The second kappa shape index (κ2) is 8.58. The van der Waals surface area contributed by atoms with Crippen LogP contribution in [0.2, 0.25) is 0 Å². The third kappa shape index (κ3) is 4.50. The first-order chi connectivity index (χ1) is 14.6. The van der Waals surface area contributed by atoms with E-state index in [1.807, 2.05) is 0 Å². The number of halogens is 3. The Morgan fingerprint density at radius 3 is 2.16 bits per heavy atom. The van der Waals surface area contributed by atoms with Crippen molar-refractivity contribution in [2.45, 2.75) is 16.0 Å². The number of rotatable bonds is 5. The Balaban J connectivity index is 1.90. The van der Waals surface area contributed by atoms with Gasteiger partial charge >= 0.3 is 12.1 Å². The highest BCUT2D eigenvalue weighted by molar-refractivity contribution is 7.91. The number of sulfone groups is 1. The topological polar surface area (TPSA) is 84.0 Å². The van der Waals surface area contributed by atoms with Gasteiger partial charge in [0.2, 0.25) is 9.84 Å². The lowest BCUT2D eigenvalue weighted by atomic mass is 10.1. The van der Waals surface area contributed by atoms with E-state index in [4.69, 9.17) is 4.74 Å². The Morgan fingerprint density at radius 2 is 1.65 bits per heavy atom. The fourth-order valence-electron chi connectivity index (χ4n) is 3.37. The summed E-state index contributed by atoms with van der Waals surface area (Å²) < 4.78 is 69.1. The maximum absolute atomic E-state index is 13.1. The highest BCUT2D eigenvalue weighted by Gasteiger charge is 2.43. The average Bonchev–Trinajstić information content (AvgIpc) is 2.77. The monoisotopic (exact) mass is 456 g/mol. The Kier molecular flexibility index (Phi) is 6.25. The molecule has 0 aromatic heterocycles. The molecule has 7 nitrogen and oxygen atoms in total. The van der Waals surface area contributed by atoms with Crippen LogP contribution in [0.1, 0.15) is 10.4 Å². The van der Waals surface area contributed by atoms with Gasteiger partial charge in [-0.25, -0.2) is 8.42 Å². The van der Waals surface area contributed by atoms with E-state index in [-0.39, 0.29) is 47.2 Å². The third-order valence-corrected chi connectivity index (χ3v) is 6.80. The fraction of sp³-hybridized carbons (Fsp3) is 0.300. The van der Waals surface area contributed by atoms with Gasteiger partial charge in [0.15, 0.2) is 6.29 Å². The summed E-state index contributed by atoms with van der Waals surface area (Å²) in [6.07, 6.45) is -4.54. The SMILES string of the molecule is COc1ccc(S(=O)(=O)c2cccc(N3CCN(C(=O)C(F)(F)F)CC3)c2C=O)cc1. The average molecular weight is 456 g/mol. The molecule has 0 radical (unpaired) electrons. The zero-order valence-electron chi connectivity index (χ0n) is 16.4. The van der Waals surface area contributed by atoms with Gasteiger partial charge in [-0.2, -0.15) is 13.2 Å². The number of hydrogen-bond donors (Lipinski definition) is 0. The standard InChI is InChI=1S/C20H19F3N2O5S/c1-30-14-5-7-15(8-6-14)31(28,29)18-4-2-3-17(16(18)13-26)24-9-11-25(12-10-24)19(27)20(21,22)23/h2-8,13H,9-12H2,1H3. The van der Waals surface area contributed by atoms with Crippen molar-refractivity contribution < 1.29 is 35.9 Å². The molecule has 166 valence electrons. The second-order valence-corrected chi connectivity index (χ2v) is 8.68. The van der Waals surface area contributed by atoms with Crippen LogP contribution in [-0.2, 0) is 14.6 Å². The molecule has 31 heavy (non-hydrogen) atoms. The first-order valence-corrected chi connectivity index (χ1v) is 10.7. The molecule has 1 fully saturated rings. The van der Waals surface area contributed by atoms with E-state index in [2.05, 4.69) is 0 Å². The van der Waals surface area contributed by atoms with Crippen molar-refractivity contribution >= 4 is 27.7 Å². The molecule has 0 atom stereocenters. The summed E-state index contributed by atoms with van der Waals surface area (Å²) in [5.74, 6) is -1.45. The zero-order chi connectivity index (χ0) is 22.8. The zero-order valence-corrected chi connectivity index (χ0v) is 17.2. The van der Waals surface area contributed by atoms with Crippen LogP contribution >= 0.6 is 0 Å². The Labute approximate surface area is 176 Å². The highest BCUT2D eigenvalue weighted by atomic mass is 32.2. The van der Waals surface area contributed by atoms with E-state index in [1.165, 1.54) is 49.6 Å². The second-order valence-electron chi connectivity index (χ2n) is 6.76. The number of methoxy groups -OCH3 is 1. The summed E-state index contributed by atoms with van der Waals surface area (Å²) in [4.78, 5) is 25.3. The molecule has 0 spiro atoms. The molecule has 3 rings (SSSR count). The van der Waals surface area contributed by atoms with Gasteiger partial charge in [0.05, 0.1) is 22.5 Å². The van der Waals surface area contributed by atoms with Crippen molar-refractivity contribution in [2.24, 2.45) is 0 Å². The molecular formula is C20H19F3N2O5S. The third-order valence-electron chi connectivity index (χ3n) is 4.97. The lowest BCUT2D eigenvalue weighted by molar-refractivity contribution is -0.185. The number of alkyl halides is 3. The van der Waals surface area contributed by atoms with Gasteiger partial charge in [-0.3, -0.25) is 9.59 Å². The molecule has 1 heterocycles. The smallest absolute Gasteiger partial charge is 0.471 e. The molecule has 1 aliphatic heterocycles. The molecule has 2 aromatic rings. The maximum atomic E-state index is 13.1. The lowest BCUT2D eigenvalue weighted by Crippen LogP contribution is -2.52. The summed E-state index contributed by atoms with van der Waals surface area (Å²) >= 11 is 0. The van der Waals surface area contributed by atoms with Crippen molar-refractivity contribution in [3.63, 3.8) is 0 Å². The Morgan fingerprint density at radius 1 is 1.03 bits per heavy atom. The minimum atomic E-state index is -4.96. The maximum Gasteiger partial charge on any atom is 0.471 e. The largest absolute Gasteiger partial charge is 0.497 e. The number of amides is 1. The van der Waals surface area contributed by atoms with Gasteiger partial charge in [0, 0.05) is 31.9 Å². The molecule has 0 saturated carbocycles. The first kappa shape index (κ1) is 22.6. The number of anilines is 1. The number of carbonyl (C=O) groups excluding carboxylic acids is 2. The molecule has 0 aliphatic carbocycles. The number of carbonyl (C=O) groups is 2. The minimum absolute atomic E-state index is 0.0225. The van der Waals surface area contributed by atoms with Crippen LogP contribution in [0.15, 0.2) is 52.3 Å². The van der Waals surface area contributed by atoms with Crippen molar-refractivity contribution in [2.75, 3.05) is 38.2 Å². The van der Waals surface area contributed by atoms with Gasteiger partial charge in [-0.05, 0) is 36.4 Å². The number of piperazine rings is 1. The first-order valence-electron chi connectivity index (χ1n) is 9.18. The summed E-state index contributed by atoms with van der Waals surface area (Å²) in [6, 6.07) is 9.97. The van der Waals surface area contributed by atoms with E-state index < -0.39 is 21.9 Å². The predicted molar refractivity (Wildman–Crippen MR) is 105 cm³/mol. The fourth-order valence-corrected chi connectivity index (χ4v) is 4.82. The molecule has 11 heteroatoms. The minimum Gasteiger partial charge on any atom is -0.497 e. The van der Waals surface area contributed by atoms with Gasteiger partial charge in [0.1, 0.15) is 5.75 Å². The van der Waals surface area contributed by atoms with Gasteiger partial charge < -0.3 is 14.5 Å². The number of benzene rings is 2. The van der Waals surface area contributed by atoms with Crippen molar-refractivity contribution in [3.05, 3.63) is 48.0 Å². The van der Waals surface area contributed by atoms with Gasteiger partial charge in [-0.1, -0.05) is 6.07 Å². The molecule has 1 aliphatic rings. The van der Waals surface area contributed by atoms with Crippen LogP contribution < -0.4 is 9.64 Å². The van der Waals surface area contributed by atoms with Crippen molar-refractivity contribution in [1.29, 1.82) is 0 Å². The highest BCUT2D eigenvalue weighted by Crippen LogP contribution is 2.31. The molecule has 2 aromatic carbocycles. The van der Waals surface area contributed by atoms with Crippen LogP contribution in [0.25, 0.3) is 0 Å². The van der Waals surface area contributed by atoms with Gasteiger partial charge in [0.25, 0.3) is 0 Å². The molecule has 1 saturated heterocycles. The lowest BCUT2D eigenvalue weighted by Gasteiger charge is -2.37. The van der Waals surface area contributed by atoms with Crippen molar-refractivity contribution in [1.82, 2.24) is 4.90 Å². The Hall–Kier alpha value is -3.08. The van der Waals surface area contributed by atoms with Crippen LogP contribution in [0.5, 0.6) is 5.75 Å². The van der Waals surface area contributed by atoms with E-state index in [0.29, 0.717) is 16.9 Å². The summed E-state index contributed by atoms with van der Waals surface area (Å²) in [7, 11) is -2.59. The van der Waals surface area contributed by atoms with E-state index in [9.17, 15) is 31.2 Å². The van der Waals surface area contributed by atoms with Gasteiger partial charge in [-0.15, -0.1) is 0 Å². The van der Waals surface area contributed by atoms with E-state index in [0.717, 1.165) is 0 Å². The van der Waals surface area contributed by atoms with E-state index in [1.54, 1.807) is 4.90 Å². The van der Waals surface area contributed by atoms with Crippen LogP contribution in [0, 0.1) is 0 Å². The van der Waals surface area contributed by atoms with Crippen molar-refractivity contribution in [3.8, 4) is 5.75 Å². The summed E-state index contributed by atoms with van der Waals surface area (Å²) in [5, 5.41) is 0. The molecule has 0 N–H and O–H groups in total. The summed E-state index contributed by atoms with van der Waals surface area (Å²) in [5.41, 5.74) is 0.192. The number of nitrogens with zero attached hydrogens (tertiary/aromatic N) is 2. The summed E-state index contributed by atoms with van der Waals surface area (Å²) in [6.45, 7) is -0.360. The molecule has 0 unspecified atom stereocenters. The predicted octanol–water partition coefficient (Wildman–Crippen LogP) is 2.55. The number of aldehydes is 1. The van der Waals surface area contributed by atoms with Crippen LogP contribution in [-0.4, -0.2) is 65.0 Å². The Bertz CT molecular complexity index is 1080.